The molecule has 0 spiro atoms. The van der Waals surface area contributed by atoms with Gasteiger partial charge < -0.3 is 21.5 Å². The molecule has 1 aliphatic rings. The standard InChI is InChI=1S/C14H18ClN3O3/c15-11-7-9(1-2-10(11)12(17)19)18-13(20)14(8-16)3-5-21-6-4-14/h1-2,7H,3-6,8,16H2,(H2,17,19)(H,18,20). The molecule has 114 valence electrons. The maximum atomic E-state index is 12.5. The number of carbonyl (C=O) groups excluding carboxylic acids is 2. The molecule has 2 rings (SSSR count). The first kappa shape index (κ1) is 15.8. The topological polar surface area (TPSA) is 107 Å². The first-order valence-electron chi connectivity index (χ1n) is 6.67. The lowest BCUT2D eigenvalue weighted by Gasteiger charge is -2.34. The monoisotopic (exact) mass is 311 g/mol. The van der Waals surface area contributed by atoms with Gasteiger partial charge in [0.1, 0.15) is 0 Å². The van der Waals surface area contributed by atoms with Gasteiger partial charge in [-0.15, -0.1) is 0 Å². The number of amides is 2. The molecule has 1 fully saturated rings. The molecule has 1 heterocycles. The number of halogens is 1. The van der Waals surface area contributed by atoms with Crippen molar-refractivity contribution in [2.24, 2.45) is 16.9 Å². The van der Waals surface area contributed by atoms with E-state index in [0.717, 1.165) is 0 Å². The first-order valence-corrected chi connectivity index (χ1v) is 7.05. The number of nitrogens with one attached hydrogen (secondary N) is 1. The van der Waals surface area contributed by atoms with Gasteiger partial charge in [-0.2, -0.15) is 0 Å². The first-order chi connectivity index (χ1) is 9.98. The molecule has 0 unspecified atom stereocenters. The average molecular weight is 312 g/mol. The smallest absolute Gasteiger partial charge is 0.250 e. The molecule has 6 nitrogen and oxygen atoms in total. The summed E-state index contributed by atoms with van der Waals surface area (Å²) in [5, 5.41) is 3.00. The summed E-state index contributed by atoms with van der Waals surface area (Å²) in [6.45, 7) is 1.30. The SMILES string of the molecule is NCC1(C(=O)Nc2ccc(C(N)=O)c(Cl)c2)CCOCC1. The van der Waals surface area contributed by atoms with Crippen LogP contribution in [0.25, 0.3) is 0 Å². The van der Waals surface area contributed by atoms with Crippen LogP contribution in [0.2, 0.25) is 5.02 Å². The summed E-state index contributed by atoms with van der Waals surface area (Å²) < 4.78 is 5.28. The van der Waals surface area contributed by atoms with E-state index in [9.17, 15) is 9.59 Å². The summed E-state index contributed by atoms with van der Waals surface area (Å²) in [4.78, 5) is 23.6. The normalized spacial score (nSPS) is 17.2. The van der Waals surface area contributed by atoms with Crippen LogP contribution in [-0.4, -0.2) is 31.6 Å². The minimum atomic E-state index is -0.618. The van der Waals surface area contributed by atoms with E-state index in [1.807, 2.05) is 0 Å². The van der Waals surface area contributed by atoms with E-state index < -0.39 is 11.3 Å². The van der Waals surface area contributed by atoms with Crippen molar-refractivity contribution in [3.8, 4) is 0 Å². The third-order valence-corrected chi connectivity index (χ3v) is 4.13. The van der Waals surface area contributed by atoms with Gasteiger partial charge in [0.05, 0.1) is 16.0 Å². The highest BCUT2D eigenvalue weighted by Gasteiger charge is 2.38. The number of primary amides is 1. The molecular formula is C14H18ClN3O3. The van der Waals surface area contributed by atoms with E-state index in [-0.39, 0.29) is 23.0 Å². The van der Waals surface area contributed by atoms with Gasteiger partial charge in [0, 0.05) is 25.4 Å². The molecule has 0 aromatic heterocycles. The lowest BCUT2D eigenvalue weighted by Crippen LogP contribution is -2.46. The number of ether oxygens (including phenoxy) is 1. The van der Waals surface area contributed by atoms with Gasteiger partial charge in [-0.3, -0.25) is 9.59 Å². The highest BCUT2D eigenvalue weighted by molar-refractivity contribution is 6.34. The number of nitrogens with two attached hydrogens (primary N) is 2. The van der Waals surface area contributed by atoms with E-state index in [1.165, 1.54) is 12.1 Å². The van der Waals surface area contributed by atoms with Crippen molar-refractivity contribution < 1.29 is 14.3 Å². The number of rotatable bonds is 4. The van der Waals surface area contributed by atoms with Crippen LogP contribution in [0.15, 0.2) is 18.2 Å². The molecule has 1 aromatic rings. The Hall–Kier alpha value is -1.63. The van der Waals surface area contributed by atoms with Crippen LogP contribution in [-0.2, 0) is 9.53 Å². The fourth-order valence-electron chi connectivity index (χ4n) is 2.34. The van der Waals surface area contributed by atoms with Gasteiger partial charge in [0.15, 0.2) is 0 Å². The van der Waals surface area contributed by atoms with E-state index >= 15 is 0 Å². The number of hydrogen-bond donors (Lipinski definition) is 3. The molecular weight excluding hydrogens is 294 g/mol. The molecule has 2 amide bonds. The molecule has 1 aromatic carbocycles. The van der Waals surface area contributed by atoms with Gasteiger partial charge >= 0.3 is 0 Å². The third-order valence-electron chi connectivity index (χ3n) is 3.81. The number of hydrogen-bond acceptors (Lipinski definition) is 4. The quantitative estimate of drug-likeness (QED) is 0.774. The summed E-state index contributed by atoms with van der Waals surface area (Å²) in [5.41, 5.74) is 11.1. The van der Waals surface area contributed by atoms with Crippen LogP contribution < -0.4 is 16.8 Å². The highest BCUT2D eigenvalue weighted by atomic mass is 35.5. The lowest BCUT2D eigenvalue weighted by molar-refractivity contribution is -0.130. The minimum Gasteiger partial charge on any atom is -0.381 e. The van der Waals surface area contributed by atoms with Crippen molar-refractivity contribution in [2.75, 3.05) is 25.1 Å². The van der Waals surface area contributed by atoms with Crippen molar-refractivity contribution in [3.63, 3.8) is 0 Å². The zero-order valence-electron chi connectivity index (χ0n) is 11.5. The van der Waals surface area contributed by atoms with Crippen LogP contribution in [0.1, 0.15) is 23.2 Å². The maximum Gasteiger partial charge on any atom is 0.250 e. The molecule has 1 aliphatic heterocycles. The minimum absolute atomic E-state index is 0.156. The molecule has 0 atom stereocenters. The Labute approximate surface area is 127 Å². The molecule has 0 radical (unpaired) electrons. The van der Waals surface area contributed by atoms with E-state index in [1.54, 1.807) is 6.07 Å². The Morgan fingerprint density at radius 3 is 2.52 bits per heavy atom. The Morgan fingerprint density at radius 2 is 2.00 bits per heavy atom. The Morgan fingerprint density at radius 1 is 1.33 bits per heavy atom. The molecule has 7 heteroatoms. The van der Waals surface area contributed by atoms with Crippen LogP contribution in [0.3, 0.4) is 0 Å². The fraction of sp³-hybridized carbons (Fsp3) is 0.429. The second-order valence-electron chi connectivity index (χ2n) is 5.11. The fourth-order valence-corrected chi connectivity index (χ4v) is 2.62. The van der Waals surface area contributed by atoms with E-state index in [2.05, 4.69) is 5.32 Å². The van der Waals surface area contributed by atoms with Crippen molar-refractivity contribution in [1.29, 1.82) is 0 Å². The molecule has 0 saturated carbocycles. The van der Waals surface area contributed by atoms with Gasteiger partial charge in [-0.1, -0.05) is 11.6 Å². The van der Waals surface area contributed by atoms with Crippen molar-refractivity contribution in [2.45, 2.75) is 12.8 Å². The second kappa shape index (κ2) is 6.43. The van der Waals surface area contributed by atoms with Crippen LogP contribution in [0, 0.1) is 5.41 Å². The van der Waals surface area contributed by atoms with Gasteiger partial charge in [0.25, 0.3) is 0 Å². The molecule has 0 aliphatic carbocycles. The van der Waals surface area contributed by atoms with Crippen molar-refractivity contribution >= 4 is 29.1 Å². The summed E-state index contributed by atoms with van der Waals surface area (Å²) in [7, 11) is 0. The summed E-state index contributed by atoms with van der Waals surface area (Å²) in [6, 6.07) is 4.58. The predicted molar refractivity (Wildman–Crippen MR) is 80.1 cm³/mol. The highest BCUT2D eigenvalue weighted by Crippen LogP contribution is 2.31. The zero-order chi connectivity index (χ0) is 15.5. The largest absolute Gasteiger partial charge is 0.381 e. The summed E-state index contributed by atoms with van der Waals surface area (Å²) in [5.74, 6) is -0.767. The van der Waals surface area contributed by atoms with E-state index in [0.29, 0.717) is 31.7 Å². The molecule has 0 bridgehead atoms. The van der Waals surface area contributed by atoms with Crippen molar-refractivity contribution in [1.82, 2.24) is 0 Å². The number of anilines is 1. The Balaban J connectivity index is 2.15. The summed E-state index contributed by atoms with van der Waals surface area (Å²) in [6.07, 6.45) is 1.17. The third kappa shape index (κ3) is 3.34. The molecule has 1 saturated heterocycles. The number of benzene rings is 1. The van der Waals surface area contributed by atoms with Crippen molar-refractivity contribution in [3.05, 3.63) is 28.8 Å². The second-order valence-corrected chi connectivity index (χ2v) is 5.52. The molecule has 5 N–H and O–H groups in total. The van der Waals surface area contributed by atoms with E-state index in [4.69, 9.17) is 27.8 Å². The average Bonchev–Trinajstić information content (AvgIpc) is 2.47. The predicted octanol–water partition coefficient (Wildman–Crippen LogP) is 1.13. The molecule has 21 heavy (non-hydrogen) atoms. The summed E-state index contributed by atoms with van der Waals surface area (Å²) >= 11 is 5.97. The van der Waals surface area contributed by atoms with Crippen LogP contribution >= 0.6 is 11.6 Å². The number of carbonyl (C=O) groups is 2. The van der Waals surface area contributed by atoms with Crippen LogP contribution in [0.5, 0.6) is 0 Å². The maximum absolute atomic E-state index is 12.5. The lowest BCUT2D eigenvalue weighted by atomic mass is 9.79. The Bertz CT molecular complexity index is 556. The van der Waals surface area contributed by atoms with Gasteiger partial charge in [0.2, 0.25) is 11.8 Å². The zero-order valence-corrected chi connectivity index (χ0v) is 12.3. The van der Waals surface area contributed by atoms with Gasteiger partial charge in [-0.25, -0.2) is 0 Å². The Kier molecular flexibility index (Phi) is 4.82. The van der Waals surface area contributed by atoms with Gasteiger partial charge in [-0.05, 0) is 31.0 Å². The van der Waals surface area contributed by atoms with Crippen LogP contribution in [0.4, 0.5) is 5.69 Å².